The van der Waals surface area contributed by atoms with Crippen LogP contribution < -0.4 is 10.1 Å². The standard InChI is InChI=1S/C17H15BrClNO3/c18-14-6-12(16-13(7-14)9-22-10-23-16)8-20-17(21)15(19)11-4-2-1-3-5-11/h1-7,15H,8-10H2,(H,20,21). The molecule has 0 bridgehead atoms. The molecule has 2 aromatic rings. The third kappa shape index (κ3) is 3.86. The van der Waals surface area contributed by atoms with Crippen LogP contribution in [-0.2, 0) is 22.7 Å². The van der Waals surface area contributed by atoms with E-state index in [0.29, 0.717) is 13.2 Å². The first kappa shape index (κ1) is 16.3. The van der Waals surface area contributed by atoms with Crippen LogP contribution in [0.15, 0.2) is 46.9 Å². The fourth-order valence-electron chi connectivity index (χ4n) is 2.43. The zero-order valence-electron chi connectivity index (χ0n) is 12.2. The summed E-state index contributed by atoms with van der Waals surface area (Å²) in [5.41, 5.74) is 2.62. The van der Waals surface area contributed by atoms with Crippen LogP contribution in [0.1, 0.15) is 22.1 Å². The summed E-state index contributed by atoms with van der Waals surface area (Å²) in [6.07, 6.45) is 0. The minimum Gasteiger partial charge on any atom is -0.467 e. The lowest BCUT2D eigenvalue weighted by atomic mass is 10.1. The van der Waals surface area contributed by atoms with E-state index < -0.39 is 5.38 Å². The van der Waals surface area contributed by atoms with Gasteiger partial charge in [-0.25, -0.2) is 0 Å². The number of hydrogen-bond acceptors (Lipinski definition) is 3. The van der Waals surface area contributed by atoms with Crippen LogP contribution in [0.3, 0.4) is 0 Å². The maximum absolute atomic E-state index is 12.2. The van der Waals surface area contributed by atoms with E-state index in [0.717, 1.165) is 26.9 Å². The van der Waals surface area contributed by atoms with Gasteiger partial charge < -0.3 is 14.8 Å². The van der Waals surface area contributed by atoms with Crippen molar-refractivity contribution >= 4 is 33.4 Å². The van der Waals surface area contributed by atoms with Crippen molar-refractivity contribution in [2.24, 2.45) is 0 Å². The van der Waals surface area contributed by atoms with Crippen LogP contribution in [0, 0.1) is 0 Å². The number of carbonyl (C=O) groups excluding carboxylic acids is 1. The van der Waals surface area contributed by atoms with E-state index in [9.17, 15) is 4.79 Å². The number of hydrogen-bond donors (Lipinski definition) is 1. The predicted molar refractivity (Wildman–Crippen MR) is 91.3 cm³/mol. The third-order valence-electron chi connectivity index (χ3n) is 3.53. The highest BCUT2D eigenvalue weighted by atomic mass is 79.9. The Hall–Kier alpha value is -1.56. The van der Waals surface area contributed by atoms with Gasteiger partial charge in [0.15, 0.2) is 6.79 Å². The highest BCUT2D eigenvalue weighted by Crippen LogP contribution is 2.32. The second-order valence-electron chi connectivity index (χ2n) is 5.15. The Kier molecular flexibility index (Phi) is 5.20. The van der Waals surface area contributed by atoms with Crippen LogP contribution in [-0.4, -0.2) is 12.7 Å². The first-order valence-corrected chi connectivity index (χ1v) is 8.36. The molecular formula is C17H15BrClNO3. The van der Waals surface area contributed by atoms with E-state index in [1.165, 1.54) is 0 Å². The third-order valence-corrected chi connectivity index (χ3v) is 4.44. The number of ether oxygens (including phenoxy) is 2. The van der Waals surface area contributed by atoms with Gasteiger partial charge >= 0.3 is 0 Å². The van der Waals surface area contributed by atoms with Crippen LogP contribution in [0.5, 0.6) is 5.75 Å². The zero-order chi connectivity index (χ0) is 16.2. The monoisotopic (exact) mass is 395 g/mol. The first-order valence-electron chi connectivity index (χ1n) is 7.13. The Morgan fingerprint density at radius 1 is 1.30 bits per heavy atom. The minimum absolute atomic E-state index is 0.220. The molecular weight excluding hydrogens is 382 g/mol. The molecule has 1 N–H and O–H groups in total. The lowest BCUT2D eigenvalue weighted by Gasteiger charge is -2.21. The van der Waals surface area contributed by atoms with Crippen LogP contribution in [0.2, 0.25) is 0 Å². The van der Waals surface area contributed by atoms with E-state index in [1.54, 1.807) is 0 Å². The van der Waals surface area contributed by atoms with Gasteiger partial charge in [-0.05, 0) is 17.7 Å². The lowest BCUT2D eigenvalue weighted by Crippen LogP contribution is -2.27. The van der Waals surface area contributed by atoms with E-state index in [1.807, 2.05) is 42.5 Å². The van der Waals surface area contributed by atoms with Gasteiger partial charge in [0.25, 0.3) is 0 Å². The molecule has 0 spiro atoms. The van der Waals surface area contributed by atoms with Gasteiger partial charge in [0.2, 0.25) is 5.91 Å². The van der Waals surface area contributed by atoms with Crippen molar-refractivity contribution in [2.45, 2.75) is 18.5 Å². The summed E-state index contributed by atoms with van der Waals surface area (Å²) in [4.78, 5) is 12.2. The fraction of sp³-hybridized carbons (Fsp3) is 0.235. The average molecular weight is 397 g/mol. The molecule has 2 aromatic carbocycles. The normalized spacial score (nSPS) is 14.5. The maximum Gasteiger partial charge on any atom is 0.242 e. The minimum atomic E-state index is -0.719. The van der Waals surface area contributed by atoms with Gasteiger partial charge in [0.05, 0.1) is 6.61 Å². The molecule has 1 amide bonds. The number of fused-ring (bicyclic) bond motifs is 1. The summed E-state index contributed by atoms with van der Waals surface area (Å²) in [5, 5.41) is 2.14. The Morgan fingerprint density at radius 2 is 2.09 bits per heavy atom. The fourth-order valence-corrected chi connectivity index (χ4v) is 3.21. The Balaban J connectivity index is 1.71. The van der Waals surface area contributed by atoms with Gasteiger partial charge in [0.1, 0.15) is 11.1 Å². The van der Waals surface area contributed by atoms with Crippen molar-refractivity contribution in [1.29, 1.82) is 0 Å². The molecule has 1 aliphatic heterocycles. The molecule has 6 heteroatoms. The first-order chi connectivity index (χ1) is 11.1. The molecule has 23 heavy (non-hydrogen) atoms. The van der Waals surface area contributed by atoms with E-state index in [4.69, 9.17) is 21.1 Å². The number of halogens is 2. The summed E-state index contributed by atoms with van der Waals surface area (Å²) < 4.78 is 11.8. The van der Waals surface area contributed by atoms with Crippen molar-refractivity contribution in [2.75, 3.05) is 6.79 Å². The molecule has 1 unspecified atom stereocenters. The summed E-state index contributed by atoms with van der Waals surface area (Å²) >= 11 is 9.69. The van der Waals surface area contributed by atoms with Gasteiger partial charge in [-0.1, -0.05) is 46.3 Å². The van der Waals surface area contributed by atoms with Crippen LogP contribution >= 0.6 is 27.5 Å². The van der Waals surface area contributed by atoms with E-state index in [-0.39, 0.29) is 12.7 Å². The molecule has 1 atom stereocenters. The molecule has 3 rings (SSSR count). The Labute approximate surface area is 147 Å². The molecule has 0 saturated heterocycles. The predicted octanol–water partition coefficient (Wildman–Crippen LogP) is 3.91. The van der Waals surface area contributed by atoms with Gasteiger partial charge in [-0.2, -0.15) is 0 Å². The van der Waals surface area contributed by atoms with E-state index in [2.05, 4.69) is 21.2 Å². The number of nitrogens with one attached hydrogen (secondary N) is 1. The second-order valence-corrected chi connectivity index (χ2v) is 6.51. The van der Waals surface area contributed by atoms with Crippen molar-refractivity contribution in [3.63, 3.8) is 0 Å². The summed E-state index contributed by atoms with van der Waals surface area (Å²) in [5.74, 6) is 0.532. The highest BCUT2D eigenvalue weighted by Gasteiger charge is 2.20. The Morgan fingerprint density at radius 3 is 2.87 bits per heavy atom. The van der Waals surface area contributed by atoms with Gasteiger partial charge in [0, 0.05) is 22.1 Å². The molecule has 0 aliphatic carbocycles. The van der Waals surface area contributed by atoms with Crippen molar-refractivity contribution in [1.82, 2.24) is 5.32 Å². The molecule has 0 radical (unpaired) electrons. The van der Waals surface area contributed by atoms with Crippen LogP contribution in [0.4, 0.5) is 0 Å². The highest BCUT2D eigenvalue weighted by molar-refractivity contribution is 9.10. The van der Waals surface area contributed by atoms with Gasteiger partial charge in [-0.15, -0.1) is 11.6 Å². The maximum atomic E-state index is 12.2. The summed E-state index contributed by atoms with van der Waals surface area (Å²) in [7, 11) is 0. The molecule has 0 fully saturated rings. The van der Waals surface area contributed by atoms with E-state index >= 15 is 0 Å². The summed E-state index contributed by atoms with van der Waals surface area (Å²) in [6, 6.07) is 13.1. The Bertz CT molecular complexity index is 708. The van der Waals surface area contributed by atoms with Crippen molar-refractivity contribution < 1.29 is 14.3 Å². The topological polar surface area (TPSA) is 47.6 Å². The van der Waals surface area contributed by atoms with Gasteiger partial charge in [-0.3, -0.25) is 4.79 Å². The largest absolute Gasteiger partial charge is 0.467 e. The average Bonchev–Trinajstić information content (AvgIpc) is 2.59. The quantitative estimate of drug-likeness (QED) is 0.797. The smallest absolute Gasteiger partial charge is 0.242 e. The number of alkyl halides is 1. The number of carbonyl (C=O) groups is 1. The lowest BCUT2D eigenvalue weighted by molar-refractivity contribution is -0.121. The zero-order valence-corrected chi connectivity index (χ0v) is 14.6. The van der Waals surface area contributed by atoms with Crippen molar-refractivity contribution in [3.8, 4) is 5.75 Å². The second kappa shape index (κ2) is 7.34. The summed E-state index contributed by atoms with van der Waals surface area (Å²) in [6.45, 7) is 1.06. The molecule has 1 aliphatic rings. The number of benzene rings is 2. The molecule has 0 aromatic heterocycles. The molecule has 120 valence electrons. The number of amides is 1. The SMILES string of the molecule is O=C(NCc1cc(Br)cc2c1OCOC2)C(Cl)c1ccccc1. The molecule has 4 nitrogen and oxygen atoms in total. The number of rotatable bonds is 4. The molecule has 1 heterocycles. The molecule has 0 saturated carbocycles. The van der Waals surface area contributed by atoms with Crippen LogP contribution in [0.25, 0.3) is 0 Å². The van der Waals surface area contributed by atoms with Crippen molar-refractivity contribution in [3.05, 3.63) is 63.6 Å².